The van der Waals surface area contributed by atoms with Gasteiger partial charge in [-0.25, -0.2) is 0 Å². The Bertz CT molecular complexity index is 900. The first-order chi connectivity index (χ1) is 12.7. The summed E-state index contributed by atoms with van der Waals surface area (Å²) in [7, 11) is 0. The molecule has 0 atom stereocenters. The van der Waals surface area contributed by atoms with Gasteiger partial charge in [0.1, 0.15) is 0 Å². The lowest BCUT2D eigenvalue weighted by Crippen LogP contribution is -2.08. The van der Waals surface area contributed by atoms with Crippen molar-refractivity contribution in [3.05, 3.63) is 64.7 Å². The van der Waals surface area contributed by atoms with E-state index in [9.17, 15) is 0 Å². The van der Waals surface area contributed by atoms with Crippen LogP contribution < -0.4 is 0 Å². The van der Waals surface area contributed by atoms with Gasteiger partial charge >= 0.3 is 0 Å². The Morgan fingerprint density at radius 2 is 1.77 bits per heavy atom. The number of hydrogen-bond acceptors (Lipinski definition) is 3. The average Bonchev–Trinajstić information content (AvgIpc) is 3.31. The van der Waals surface area contributed by atoms with Crippen molar-refractivity contribution < 1.29 is 0 Å². The van der Waals surface area contributed by atoms with Crippen LogP contribution in [-0.4, -0.2) is 14.8 Å². The lowest BCUT2D eigenvalue weighted by atomic mass is 10.1. The first-order valence-corrected chi connectivity index (χ1v) is 10.5. The summed E-state index contributed by atoms with van der Waals surface area (Å²) < 4.78 is 2.33. The quantitative estimate of drug-likeness (QED) is 0.483. The molecule has 0 saturated heterocycles. The molecule has 1 aliphatic carbocycles. The van der Waals surface area contributed by atoms with E-state index in [0.29, 0.717) is 6.04 Å². The van der Waals surface area contributed by atoms with Crippen molar-refractivity contribution in [2.24, 2.45) is 0 Å². The van der Waals surface area contributed by atoms with Gasteiger partial charge in [-0.05, 0) is 43.0 Å². The summed E-state index contributed by atoms with van der Waals surface area (Å²) in [5.41, 5.74) is 3.63. The molecule has 0 amide bonds. The molecule has 26 heavy (non-hydrogen) atoms. The molecule has 1 saturated carbocycles. The number of nitrogens with zero attached hydrogens (tertiary/aromatic N) is 3. The molecule has 0 N–H and O–H groups in total. The highest BCUT2D eigenvalue weighted by Crippen LogP contribution is 2.38. The molecule has 134 valence electrons. The molecular formula is C21H22ClN3S. The molecule has 1 aromatic heterocycles. The van der Waals surface area contributed by atoms with Crippen molar-refractivity contribution in [2.45, 2.75) is 49.6 Å². The van der Waals surface area contributed by atoms with Crippen LogP contribution in [0.2, 0.25) is 5.02 Å². The van der Waals surface area contributed by atoms with E-state index in [2.05, 4.69) is 46.0 Å². The third-order valence-electron chi connectivity index (χ3n) is 5.09. The zero-order chi connectivity index (χ0) is 17.9. The van der Waals surface area contributed by atoms with Crippen LogP contribution >= 0.6 is 23.4 Å². The van der Waals surface area contributed by atoms with Crippen LogP contribution in [0.5, 0.6) is 0 Å². The summed E-state index contributed by atoms with van der Waals surface area (Å²) in [5.74, 6) is 1.80. The Morgan fingerprint density at radius 1 is 1.04 bits per heavy atom. The van der Waals surface area contributed by atoms with Crippen LogP contribution in [0.25, 0.3) is 11.4 Å². The van der Waals surface area contributed by atoms with Crippen LogP contribution in [-0.2, 0) is 5.75 Å². The number of halogens is 1. The molecular weight excluding hydrogens is 362 g/mol. The molecule has 0 radical (unpaired) electrons. The highest BCUT2D eigenvalue weighted by molar-refractivity contribution is 7.98. The standard InChI is InChI=1S/C21H22ClN3S/c1-15-8-2-3-9-16(15)14-26-21-24-23-20(18-12-6-7-13-19(18)22)25(21)17-10-4-5-11-17/h2-3,6-9,12-13,17H,4-5,10-11,14H2,1H3. The summed E-state index contributed by atoms with van der Waals surface area (Å²) in [6.45, 7) is 2.16. The summed E-state index contributed by atoms with van der Waals surface area (Å²) in [6, 6.07) is 16.9. The van der Waals surface area contributed by atoms with Gasteiger partial charge in [-0.2, -0.15) is 0 Å². The maximum atomic E-state index is 6.45. The molecule has 0 spiro atoms. The topological polar surface area (TPSA) is 30.7 Å². The fourth-order valence-corrected chi connectivity index (χ4v) is 4.91. The van der Waals surface area contributed by atoms with Crippen LogP contribution in [0.4, 0.5) is 0 Å². The number of aryl methyl sites for hydroxylation is 1. The third-order valence-corrected chi connectivity index (χ3v) is 6.41. The second kappa shape index (κ2) is 7.85. The van der Waals surface area contributed by atoms with Gasteiger partial charge in [0.05, 0.1) is 5.02 Å². The SMILES string of the molecule is Cc1ccccc1CSc1nnc(-c2ccccc2Cl)n1C1CCCC1. The van der Waals surface area contributed by atoms with E-state index in [1.165, 1.54) is 36.8 Å². The predicted octanol–water partition coefficient (Wildman–Crippen LogP) is 6.31. The van der Waals surface area contributed by atoms with Gasteiger partial charge in [0.15, 0.2) is 11.0 Å². The minimum atomic E-state index is 0.468. The van der Waals surface area contributed by atoms with Gasteiger partial charge in [-0.3, -0.25) is 4.57 Å². The highest BCUT2D eigenvalue weighted by atomic mass is 35.5. The average molecular weight is 384 g/mol. The largest absolute Gasteiger partial charge is 0.299 e. The van der Waals surface area contributed by atoms with Gasteiger partial charge in [0.25, 0.3) is 0 Å². The maximum absolute atomic E-state index is 6.45. The molecule has 2 aromatic carbocycles. The number of aromatic nitrogens is 3. The summed E-state index contributed by atoms with van der Waals surface area (Å²) in [4.78, 5) is 0. The van der Waals surface area contributed by atoms with Gasteiger partial charge in [-0.15, -0.1) is 10.2 Å². The smallest absolute Gasteiger partial charge is 0.192 e. The molecule has 5 heteroatoms. The van der Waals surface area contributed by atoms with Crippen molar-refractivity contribution in [2.75, 3.05) is 0 Å². The van der Waals surface area contributed by atoms with E-state index in [1.807, 2.05) is 24.3 Å². The monoisotopic (exact) mass is 383 g/mol. The number of hydrogen-bond donors (Lipinski definition) is 0. The fourth-order valence-electron chi connectivity index (χ4n) is 3.61. The number of rotatable bonds is 5. The van der Waals surface area contributed by atoms with Gasteiger partial charge < -0.3 is 0 Å². The Morgan fingerprint density at radius 3 is 2.54 bits per heavy atom. The number of thioether (sulfide) groups is 1. The van der Waals surface area contributed by atoms with Crippen LogP contribution in [0.3, 0.4) is 0 Å². The lowest BCUT2D eigenvalue weighted by Gasteiger charge is -2.17. The molecule has 1 aliphatic rings. The van der Waals surface area contributed by atoms with Crippen LogP contribution in [0, 0.1) is 6.92 Å². The third kappa shape index (κ3) is 3.53. The van der Waals surface area contributed by atoms with Crippen molar-refractivity contribution >= 4 is 23.4 Å². The molecule has 3 nitrogen and oxygen atoms in total. The molecule has 0 aliphatic heterocycles. The zero-order valence-corrected chi connectivity index (χ0v) is 16.4. The normalized spacial score (nSPS) is 14.8. The number of benzene rings is 2. The fraction of sp³-hybridized carbons (Fsp3) is 0.333. The first kappa shape index (κ1) is 17.6. The van der Waals surface area contributed by atoms with E-state index < -0.39 is 0 Å². The Kier molecular flexibility index (Phi) is 5.32. The molecule has 4 rings (SSSR count). The summed E-state index contributed by atoms with van der Waals surface area (Å²) >= 11 is 8.22. The van der Waals surface area contributed by atoms with Crippen molar-refractivity contribution in [1.29, 1.82) is 0 Å². The Balaban J connectivity index is 1.68. The second-order valence-corrected chi connectivity index (χ2v) is 8.16. The van der Waals surface area contributed by atoms with E-state index in [-0.39, 0.29) is 0 Å². The van der Waals surface area contributed by atoms with Crippen LogP contribution in [0.1, 0.15) is 42.9 Å². The van der Waals surface area contributed by atoms with Gasteiger partial charge in [0, 0.05) is 17.4 Å². The van der Waals surface area contributed by atoms with Gasteiger partial charge in [0.2, 0.25) is 0 Å². The maximum Gasteiger partial charge on any atom is 0.192 e. The zero-order valence-electron chi connectivity index (χ0n) is 14.9. The van der Waals surface area contributed by atoms with Crippen molar-refractivity contribution in [1.82, 2.24) is 14.8 Å². The Hall–Kier alpha value is -1.78. The first-order valence-electron chi connectivity index (χ1n) is 9.11. The molecule has 3 aromatic rings. The van der Waals surface area contributed by atoms with E-state index in [1.54, 1.807) is 11.8 Å². The van der Waals surface area contributed by atoms with E-state index in [4.69, 9.17) is 11.6 Å². The van der Waals surface area contributed by atoms with Gasteiger partial charge in [-0.1, -0.05) is 72.6 Å². The second-order valence-electron chi connectivity index (χ2n) is 6.81. The minimum Gasteiger partial charge on any atom is -0.299 e. The molecule has 1 fully saturated rings. The lowest BCUT2D eigenvalue weighted by molar-refractivity contribution is 0.485. The van der Waals surface area contributed by atoms with Crippen LogP contribution in [0.15, 0.2) is 53.7 Å². The minimum absolute atomic E-state index is 0.468. The predicted molar refractivity (Wildman–Crippen MR) is 109 cm³/mol. The molecule has 0 bridgehead atoms. The summed E-state index contributed by atoms with van der Waals surface area (Å²) in [5, 5.41) is 10.8. The Labute approximate surface area is 163 Å². The van der Waals surface area contributed by atoms with Crippen molar-refractivity contribution in [3.63, 3.8) is 0 Å². The van der Waals surface area contributed by atoms with Crippen molar-refractivity contribution in [3.8, 4) is 11.4 Å². The molecule has 1 heterocycles. The molecule has 0 unspecified atom stereocenters. The highest BCUT2D eigenvalue weighted by Gasteiger charge is 2.25. The summed E-state index contributed by atoms with van der Waals surface area (Å²) in [6.07, 6.45) is 4.92. The van der Waals surface area contributed by atoms with E-state index in [0.717, 1.165) is 27.3 Å². The van der Waals surface area contributed by atoms with E-state index >= 15 is 0 Å².